The molecule has 9 heteroatoms. The molecule has 1 aromatic rings. The summed E-state index contributed by atoms with van der Waals surface area (Å²) in [7, 11) is 0. The van der Waals surface area contributed by atoms with Crippen molar-refractivity contribution in [1.82, 2.24) is 4.98 Å². The van der Waals surface area contributed by atoms with Crippen LogP contribution in [0.2, 0.25) is 0 Å². The number of aliphatic hydroxyl groups excluding tert-OH is 2. The number of halogens is 3. The highest BCUT2D eigenvalue weighted by molar-refractivity contribution is 8.13. The summed E-state index contributed by atoms with van der Waals surface area (Å²) in [4.78, 5) is 14.1. The van der Waals surface area contributed by atoms with Gasteiger partial charge in [0, 0.05) is 24.4 Å². The summed E-state index contributed by atoms with van der Waals surface area (Å²) in [6.07, 6.45) is -6.73. The van der Waals surface area contributed by atoms with Crippen LogP contribution in [0.4, 0.5) is 19.0 Å². The highest BCUT2D eigenvalue weighted by atomic mass is 32.2. The van der Waals surface area contributed by atoms with Gasteiger partial charge in [0.2, 0.25) is 0 Å². The predicted octanol–water partition coefficient (Wildman–Crippen LogP) is 1.36. The number of hydrogen-bond acceptors (Lipinski definition) is 6. The van der Waals surface area contributed by atoms with Crippen LogP contribution in [0.5, 0.6) is 0 Å². The lowest BCUT2D eigenvalue weighted by Crippen LogP contribution is -2.22. The Bertz CT molecular complexity index is 496. The Balaban J connectivity index is 2.94. The number of alkyl halides is 3. The molecule has 2 atom stereocenters. The largest absolute Gasteiger partial charge is 0.419 e. The van der Waals surface area contributed by atoms with E-state index in [4.69, 9.17) is 5.73 Å². The fraction of sp³-hybridized carbons (Fsp3) is 0.455. The number of aromatic nitrogens is 1. The summed E-state index contributed by atoms with van der Waals surface area (Å²) in [5, 5.41) is 19.1. The van der Waals surface area contributed by atoms with E-state index in [0.29, 0.717) is 6.07 Å². The Morgan fingerprint density at radius 2 is 2.10 bits per heavy atom. The second kappa shape index (κ2) is 6.42. The minimum atomic E-state index is -4.70. The normalized spacial score (nSPS) is 14.9. The van der Waals surface area contributed by atoms with E-state index in [1.807, 2.05) is 0 Å². The summed E-state index contributed by atoms with van der Waals surface area (Å²) in [6, 6.07) is 0.634. The number of carbonyl (C=O) groups excluding carboxylic acids is 1. The summed E-state index contributed by atoms with van der Waals surface area (Å²) in [6.45, 7) is 1.27. The monoisotopic (exact) mass is 310 g/mol. The van der Waals surface area contributed by atoms with Crippen LogP contribution in [0.1, 0.15) is 24.2 Å². The molecule has 0 radical (unpaired) electrons. The lowest BCUT2D eigenvalue weighted by Gasteiger charge is -2.18. The van der Waals surface area contributed by atoms with Crippen molar-refractivity contribution < 1.29 is 28.2 Å². The molecule has 5 nitrogen and oxygen atoms in total. The van der Waals surface area contributed by atoms with E-state index in [0.717, 1.165) is 18.0 Å². The van der Waals surface area contributed by atoms with Crippen LogP contribution in [0.25, 0.3) is 0 Å². The minimum absolute atomic E-state index is 0.137. The molecule has 112 valence electrons. The maximum absolute atomic E-state index is 12.6. The highest BCUT2D eigenvalue weighted by Crippen LogP contribution is 2.34. The first-order valence-corrected chi connectivity index (χ1v) is 6.43. The Morgan fingerprint density at radius 1 is 1.50 bits per heavy atom. The van der Waals surface area contributed by atoms with E-state index >= 15 is 0 Å². The van der Waals surface area contributed by atoms with Crippen molar-refractivity contribution in [3.8, 4) is 0 Å². The predicted molar refractivity (Wildman–Crippen MR) is 67.8 cm³/mol. The van der Waals surface area contributed by atoms with Gasteiger partial charge < -0.3 is 15.9 Å². The molecule has 0 spiro atoms. The van der Waals surface area contributed by atoms with E-state index in [9.17, 15) is 28.2 Å². The maximum atomic E-state index is 12.6. The van der Waals surface area contributed by atoms with Gasteiger partial charge in [0.1, 0.15) is 11.9 Å². The molecule has 0 aliphatic rings. The molecule has 4 N–H and O–H groups in total. The lowest BCUT2D eigenvalue weighted by molar-refractivity contribution is -0.137. The van der Waals surface area contributed by atoms with Gasteiger partial charge in [-0.1, -0.05) is 11.8 Å². The second-order valence-electron chi connectivity index (χ2n) is 4.01. The topological polar surface area (TPSA) is 96.4 Å². The van der Waals surface area contributed by atoms with Gasteiger partial charge in [-0.15, -0.1) is 0 Å². The number of aliphatic hydroxyl groups is 2. The average Bonchev–Trinajstić information content (AvgIpc) is 2.34. The summed E-state index contributed by atoms with van der Waals surface area (Å²) < 4.78 is 37.9. The van der Waals surface area contributed by atoms with Crippen molar-refractivity contribution in [3.63, 3.8) is 0 Å². The van der Waals surface area contributed by atoms with Crippen molar-refractivity contribution in [2.24, 2.45) is 0 Å². The van der Waals surface area contributed by atoms with Gasteiger partial charge in [0.05, 0.1) is 11.7 Å². The Morgan fingerprint density at radius 3 is 2.60 bits per heavy atom. The fourth-order valence-electron chi connectivity index (χ4n) is 1.40. The van der Waals surface area contributed by atoms with Gasteiger partial charge in [-0.2, -0.15) is 13.2 Å². The number of hydrogen-bond donors (Lipinski definition) is 3. The minimum Gasteiger partial charge on any atom is -0.389 e. The Labute approximate surface area is 117 Å². The average molecular weight is 310 g/mol. The number of nitrogens with zero attached hydrogens (tertiary/aromatic N) is 1. The van der Waals surface area contributed by atoms with E-state index in [1.165, 1.54) is 6.92 Å². The molecule has 0 fully saturated rings. The van der Waals surface area contributed by atoms with E-state index in [1.54, 1.807) is 0 Å². The zero-order valence-corrected chi connectivity index (χ0v) is 11.2. The van der Waals surface area contributed by atoms with Gasteiger partial charge >= 0.3 is 6.18 Å². The number of thioether (sulfide) groups is 1. The molecule has 0 aliphatic heterocycles. The fourth-order valence-corrected chi connectivity index (χ4v) is 1.98. The number of rotatable bonds is 4. The molecule has 0 aromatic carbocycles. The van der Waals surface area contributed by atoms with E-state index < -0.39 is 29.8 Å². The first-order valence-electron chi connectivity index (χ1n) is 5.45. The van der Waals surface area contributed by atoms with Gasteiger partial charge in [-0.25, -0.2) is 4.98 Å². The van der Waals surface area contributed by atoms with E-state index in [2.05, 4.69) is 4.98 Å². The molecule has 2 unspecified atom stereocenters. The zero-order chi connectivity index (χ0) is 15.5. The molecule has 0 amide bonds. The maximum Gasteiger partial charge on any atom is 0.419 e. The summed E-state index contributed by atoms with van der Waals surface area (Å²) in [5.41, 5.74) is 3.73. The zero-order valence-electron chi connectivity index (χ0n) is 10.4. The Kier molecular flexibility index (Phi) is 5.37. The third kappa shape index (κ3) is 4.36. The van der Waals surface area contributed by atoms with Crippen LogP contribution in [0.3, 0.4) is 0 Å². The SMILES string of the molecule is CC(=O)SCC(O)C(O)c1cnc(N)c(C(F)(F)F)c1. The van der Waals surface area contributed by atoms with Crippen LogP contribution >= 0.6 is 11.8 Å². The van der Waals surface area contributed by atoms with Crippen LogP contribution in [-0.4, -0.2) is 32.2 Å². The molecule has 0 aliphatic carbocycles. The smallest absolute Gasteiger partial charge is 0.389 e. The number of pyridine rings is 1. The van der Waals surface area contributed by atoms with E-state index in [-0.39, 0.29) is 16.4 Å². The van der Waals surface area contributed by atoms with Crippen molar-refractivity contribution in [2.75, 3.05) is 11.5 Å². The molecular formula is C11H13F3N2O3S. The van der Waals surface area contributed by atoms with Crippen LogP contribution in [0, 0.1) is 0 Å². The van der Waals surface area contributed by atoms with Crippen molar-refractivity contribution >= 4 is 22.7 Å². The van der Waals surface area contributed by atoms with Gasteiger partial charge in [-0.3, -0.25) is 4.79 Å². The number of nitrogens with two attached hydrogens (primary N) is 1. The van der Waals surface area contributed by atoms with Crippen molar-refractivity contribution in [2.45, 2.75) is 25.3 Å². The van der Waals surface area contributed by atoms with Crippen LogP contribution in [0.15, 0.2) is 12.3 Å². The molecular weight excluding hydrogens is 297 g/mol. The number of anilines is 1. The molecule has 1 aromatic heterocycles. The van der Waals surface area contributed by atoms with Crippen LogP contribution in [-0.2, 0) is 11.0 Å². The standard InChI is InChI=1S/C11H13F3N2O3S/c1-5(17)20-4-8(18)9(19)6-2-7(11(12,13)14)10(15)16-3-6/h2-3,8-9,18-19H,4H2,1H3,(H2,15,16). The highest BCUT2D eigenvalue weighted by Gasteiger charge is 2.35. The molecule has 0 bridgehead atoms. The van der Waals surface area contributed by atoms with Crippen LogP contribution < -0.4 is 5.73 Å². The second-order valence-corrected chi connectivity index (χ2v) is 5.21. The van der Waals surface area contributed by atoms with Crippen molar-refractivity contribution in [1.29, 1.82) is 0 Å². The number of nitrogen functional groups attached to an aromatic ring is 1. The Hall–Kier alpha value is -1.32. The van der Waals surface area contributed by atoms with Gasteiger partial charge in [-0.05, 0) is 6.07 Å². The first kappa shape index (κ1) is 16.7. The van der Waals surface area contributed by atoms with Gasteiger partial charge in [0.25, 0.3) is 0 Å². The third-order valence-corrected chi connectivity index (χ3v) is 3.32. The third-order valence-electron chi connectivity index (χ3n) is 2.41. The molecule has 0 saturated carbocycles. The molecule has 0 saturated heterocycles. The summed E-state index contributed by atoms with van der Waals surface area (Å²) >= 11 is 0.759. The lowest BCUT2D eigenvalue weighted by atomic mass is 10.1. The number of carbonyl (C=O) groups is 1. The first-order chi connectivity index (χ1) is 9.12. The van der Waals surface area contributed by atoms with Crippen molar-refractivity contribution in [3.05, 3.63) is 23.4 Å². The quantitative estimate of drug-likeness (QED) is 0.777. The molecule has 20 heavy (non-hydrogen) atoms. The van der Waals surface area contributed by atoms with Gasteiger partial charge in [0.15, 0.2) is 5.12 Å². The molecule has 1 rings (SSSR count). The molecule has 1 heterocycles. The summed E-state index contributed by atoms with van der Waals surface area (Å²) in [5.74, 6) is -0.844.